The van der Waals surface area contributed by atoms with Gasteiger partial charge in [-0.05, 0) is 95.6 Å². The van der Waals surface area contributed by atoms with Gasteiger partial charge in [0.1, 0.15) is 35.7 Å². The molecule has 0 spiro atoms. The molecule has 0 nitrogen and oxygen atoms in total. The number of hydrogen-bond acceptors (Lipinski definition) is 2. The molecule has 9 rings (SSSR count). The van der Waals surface area contributed by atoms with E-state index in [0.717, 1.165) is 6.42 Å². The van der Waals surface area contributed by atoms with Crippen LogP contribution in [0.3, 0.4) is 0 Å². The first kappa shape index (κ1) is 33.7. The lowest BCUT2D eigenvalue weighted by Gasteiger charge is -2.21. The first-order valence-corrected chi connectivity index (χ1v) is 25.2. The zero-order chi connectivity index (χ0) is 35.1. The summed E-state index contributed by atoms with van der Waals surface area (Å²) in [6.07, 6.45) is 5.81. The monoisotopic (exact) mass is 760 g/mol. The molecule has 0 radical (unpaired) electrons. The SMILES string of the molecule is C[P+](c1ccccc1)(c1ccccc1)c1ccc(-c2c3c(c(-c4ccc([P+](C)(c5ccccc5)c5ccccc5)s4)p2-c2ccccc2)CC=C3)s1. The van der Waals surface area contributed by atoms with E-state index in [1.54, 1.807) is 5.30 Å². The van der Waals surface area contributed by atoms with Crippen molar-refractivity contribution in [1.82, 2.24) is 0 Å². The summed E-state index contributed by atoms with van der Waals surface area (Å²) in [4.78, 5) is 2.84. The van der Waals surface area contributed by atoms with Crippen LogP contribution >= 0.6 is 44.7 Å². The van der Waals surface area contributed by atoms with E-state index >= 15 is 0 Å². The van der Waals surface area contributed by atoms with Gasteiger partial charge in [-0.25, -0.2) is 0 Å². The highest BCUT2D eigenvalue weighted by Crippen LogP contribution is 2.65. The Morgan fingerprint density at radius 2 is 0.827 bits per heavy atom. The van der Waals surface area contributed by atoms with E-state index in [9.17, 15) is 0 Å². The Morgan fingerprint density at radius 3 is 1.25 bits per heavy atom. The molecule has 3 heterocycles. The van der Waals surface area contributed by atoms with Crippen molar-refractivity contribution in [3.05, 3.63) is 193 Å². The molecule has 0 saturated heterocycles. The summed E-state index contributed by atoms with van der Waals surface area (Å²) in [5.41, 5.74) is 2.98. The second kappa shape index (κ2) is 14.0. The summed E-state index contributed by atoms with van der Waals surface area (Å²) in [7, 11) is -4.43. The quantitative estimate of drug-likeness (QED) is 0.129. The van der Waals surface area contributed by atoms with Crippen molar-refractivity contribution >= 4 is 81.3 Å². The number of allylic oxidation sites excluding steroid dienone is 1. The minimum atomic E-state index is -1.84. The van der Waals surface area contributed by atoms with E-state index in [1.165, 1.54) is 61.9 Å². The van der Waals surface area contributed by atoms with E-state index in [-0.39, 0.29) is 0 Å². The molecule has 5 aromatic carbocycles. The Kier molecular flexibility index (Phi) is 9.09. The third-order valence-electron chi connectivity index (χ3n) is 10.6. The molecular formula is C47H39P3S2+2. The molecule has 0 fully saturated rings. The van der Waals surface area contributed by atoms with Crippen molar-refractivity contribution in [2.45, 2.75) is 6.42 Å². The first-order chi connectivity index (χ1) is 25.6. The highest BCUT2D eigenvalue weighted by molar-refractivity contribution is 7.99. The zero-order valence-electron chi connectivity index (χ0n) is 29.3. The molecule has 1 unspecified atom stereocenters. The van der Waals surface area contributed by atoms with Crippen LogP contribution in [0.1, 0.15) is 11.1 Å². The van der Waals surface area contributed by atoms with Crippen molar-refractivity contribution in [3.63, 3.8) is 0 Å². The summed E-state index contributed by atoms with van der Waals surface area (Å²) in [6, 6.07) is 66.0. The van der Waals surface area contributed by atoms with Crippen LogP contribution in [0.15, 0.2) is 182 Å². The Hall–Kier alpha value is -4.12. The molecule has 1 atom stereocenters. The van der Waals surface area contributed by atoms with Crippen LogP contribution in [-0.2, 0) is 6.42 Å². The van der Waals surface area contributed by atoms with E-state index in [2.05, 4.69) is 201 Å². The second-order valence-corrected chi connectivity index (χ2v) is 25.4. The topological polar surface area (TPSA) is 0 Å². The molecule has 8 aromatic rings. The number of hydrogen-bond donors (Lipinski definition) is 0. The van der Waals surface area contributed by atoms with Crippen LogP contribution in [-0.4, -0.2) is 13.3 Å². The van der Waals surface area contributed by atoms with Gasteiger partial charge in [-0.3, -0.25) is 0 Å². The maximum atomic E-state index is 2.51. The van der Waals surface area contributed by atoms with Gasteiger partial charge in [0.2, 0.25) is 0 Å². The number of benzene rings is 5. The number of thiophene rings is 2. The van der Waals surface area contributed by atoms with Gasteiger partial charge in [0.15, 0.2) is 9.24 Å². The number of fused-ring (bicyclic) bond motifs is 1. The second-order valence-electron chi connectivity index (χ2n) is 13.5. The Bertz CT molecular complexity index is 2410. The Balaban J connectivity index is 1.24. The van der Waals surface area contributed by atoms with Crippen molar-refractivity contribution in [2.75, 3.05) is 13.3 Å². The lowest BCUT2D eigenvalue weighted by molar-refractivity contribution is 1.35. The minimum Gasteiger partial charge on any atom is -0.0978 e. The molecule has 1 aliphatic rings. The van der Waals surface area contributed by atoms with Crippen LogP contribution in [0.25, 0.3) is 31.7 Å². The van der Waals surface area contributed by atoms with E-state index in [1.807, 2.05) is 22.7 Å². The minimum absolute atomic E-state index is 0.761. The fourth-order valence-corrected chi connectivity index (χ4v) is 21.5. The van der Waals surface area contributed by atoms with Gasteiger partial charge < -0.3 is 0 Å². The molecule has 252 valence electrons. The normalized spacial score (nSPS) is 13.0. The average molecular weight is 761 g/mol. The molecule has 1 aliphatic carbocycles. The Morgan fingerprint density at radius 1 is 0.442 bits per heavy atom. The fraction of sp³-hybridized carbons (Fsp3) is 0.0638. The Labute approximate surface area is 317 Å². The lowest BCUT2D eigenvalue weighted by atomic mass is 10.1. The summed E-state index contributed by atoms with van der Waals surface area (Å²) < 4.78 is 2.97. The van der Waals surface area contributed by atoms with Crippen LogP contribution in [0.5, 0.6) is 0 Å². The predicted octanol–water partition coefficient (Wildman–Crippen LogP) is 11.5. The molecule has 0 N–H and O–H groups in total. The molecule has 0 aliphatic heterocycles. The third kappa shape index (κ3) is 5.65. The first-order valence-electron chi connectivity index (χ1n) is 17.7. The van der Waals surface area contributed by atoms with Gasteiger partial charge in [-0.15, -0.1) is 0 Å². The summed E-state index contributed by atoms with van der Waals surface area (Å²) in [5.74, 6) is 0. The fourth-order valence-electron chi connectivity index (χ4n) is 7.76. The predicted molar refractivity (Wildman–Crippen MR) is 239 cm³/mol. The van der Waals surface area contributed by atoms with Crippen molar-refractivity contribution in [1.29, 1.82) is 0 Å². The molecule has 3 aromatic heterocycles. The molecule has 0 bridgehead atoms. The van der Waals surface area contributed by atoms with Crippen LogP contribution in [0, 0.1) is 0 Å². The van der Waals surface area contributed by atoms with Gasteiger partial charge >= 0.3 is 0 Å². The summed E-state index contributed by atoms with van der Waals surface area (Å²) in [5, 5.41) is 10.2. The third-order valence-corrected chi connectivity index (χ3v) is 25.5. The van der Waals surface area contributed by atoms with Crippen LogP contribution < -0.4 is 30.5 Å². The van der Waals surface area contributed by atoms with Gasteiger partial charge in [0, 0.05) is 20.3 Å². The lowest BCUT2D eigenvalue weighted by Crippen LogP contribution is -2.28. The van der Waals surface area contributed by atoms with E-state index in [4.69, 9.17) is 0 Å². The van der Waals surface area contributed by atoms with E-state index < -0.39 is 22.1 Å². The molecule has 5 heteroatoms. The molecule has 52 heavy (non-hydrogen) atoms. The largest absolute Gasteiger partial charge is 0.157 e. The molecule has 0 saturated carbocycles. The standard InChI is InChI=1S/C47H39P3S2/c1-49(36-21-10-4-11-22-36,37-23-12-5-13-24-37)44-33-31-42(51-44)46-40-29-18-30-41(40)47(48(46)35-19-8-3-9-20-35)43-32-34-45(52-43)50(2,38-25-14-6-15-26-38)39-27-16-7-17-28-39/h3-29,31-34H,30H2,1-2H3/q+2. The molecule has 0 amide bonds. The van der Waals surface area contributed by atoms with Crippen LogP contribution in [0.2, 0.25) is 0 Å². The van der Waals surface area contributed by atoms with Crippen molar-refractivity contribution < 1.29 is 0 Å². The summed E-state index contributed by atoms with van der Waals surface area (Å²) >= 11 is 4.07. The zero-order valence-corrected chi connectivity index (χ0v) is 33.6. The highest BCUT2D eigenvalue weighted by atomic mass is 32.1. The van der Waals surface area contributed by atoms with E-state index in [0.29, 0.717) is 0 Å². The van der Waals surface area contributed by atoms with Gasteiger partial charge in [0.05, 0.1) is 13.3 Å². The van der Waals surface area contributed by atoms with Gasteiger partial charge in [-0.1, -0.05) is 145 Å². The highest BCUT2D eigenvalue weighted by Gasteiger charge is 2.44. The maximum absolute atomic E-state index is 2.51. The van der Waals surface area contributed by atoms with Gasteiger partial charge in [0.25, 0.3) is 0 Å². The summed E-state index contributed by atoms with van der Waals surface area (Å²) in [6.45, 7) is 5.02. The smallest absolute Gasteiger partial charge is 0.0978 e. The van der Waals surface area contributed by atoms with Crippen molar-refractivity contribution in [3.8, 4) is 25.6 Å². The average Bonchev–Trinajstić information content (AvgIpc) is 4.05. The molecular weight excluding hydrogens is 722 g/mol. The van der Waals surface area contributed by atoms with Crippen LogP contribution in [0.4, 0.5) is 0 Å². The number of rotatable bonds is 9. The van der Waals surface area contributed by atoms with Gasteiger partial charge in [-0.2, -0.15) is 0 Å². The maximum Gasteiger partial charge on any atom is 0.157 e. The van der Waals surface area contributed by atoms with Crippen molar-refractivity contribution in [2.24, 2.45) is 0 Å².